The van der Waals surface area contributed by atoms with Crippen molar-refractivity contribution < 1.29 is 28.3 Å². The van der Waals surface area contributed by atoms with Gasteiger partial charge < -0.3 is 15.0 Å². The van der Waals surface area contributed by atoms with Crippen molar-refractivity contribution in [2.24, 2.45) is 5.92 Å². The number of rotatable bonds is 3. The summed E-state index contributed by atoms with van der Waals surface area (Å²) in [4.78, 5) is 55.2. The van der Waals surface area contributed by atoms with Crippen LogP contribution < -0.4 is 5.32 Å². The van der Waals surface area contributed by atoms with Crippen molar-refractivity contribution in [1.82, 2.24) is 15.1 Å². The third-order valence-corrected chi connectivity index (χ3v) is 7.19. The third kappa shape index (κ3) is 2.84. The molecule has 8 nitrogen and oxygen atoms in total. The molecule has 1 spiro atoms. The van der Waals surface area contributed by atoms with Gasteiger partial charge in [-0.2, -0.15) is 0 Å². The molecule has 5 rings (SSSR count). The summed E-state index contributed by atoms with van der Waals surface area (Å²) in [6.07, 6.45) is 1.70. The summed E-state index contributed by atoms with van der Waals surface area (Å²) in [5, 5.41) is 2.83. The van der Waals surface area contributed by atoms with Gasteiger partial charge in [0.25, 0.3) is 11.8 Å². The van der Waals surface area contributed by atoms with Gasteiger partial charge in [-0.3, -0.25) is 24.1 Å². The second-order valence-electron chi connectivity index (χ2n) is 8.56. The smallest absolute Gasteiger partial charge is 0.297 e. The fourth-order valence-corrected chi connectivity index (χ4v) is 5.67. The van der Waals surface area contributed by atoms with Crippen molar-refractivity contribution in [3.8, 4) is 0 Å². The number of Topliss-reactive ketones (excluding diaryl/α,β-unsaturated/α-hetero) is 1. The van der Waals surface area contributed by atoms with E-state index in [1.807, 2.05) is 0 Å². The summed E-state index contributed by atoms with van der Waals surface area (Å²) in [6, 6.07) is 4.15. The van der Waals surface area contributed by atoms with Crippen LogP contribution in [0.25, 0.3) is 0 Å². The van der Waals surface area contributed by atoms with E-state index in [9.17, 15) is 23.6 Å². The largest absolute Gasteiger partial charge is 0.377 e. The number of methoxy groups -OCH3 is 1. The molecule has 3 unspecified atom stereocenters. The first-order chi connectivity index (χ1) is 15.3. The van der Waals surface area contributed by atoms with E-state index >= 15 is 0 Å². The van der Waals surface area contributed by atoms with Crippen molar-refractivity contribution in [1.29, 1.82) is 0 Å². The zero-order valence-electron chi connectivity index (χ0n) is 17.3. The molecule has 3 amide bonds. The monoisotopic (exact) mass is 461 g/mol. The summed E-state index contributed by atoms with van der Waals surface area (Å²) in [5.41, 5.74) is 0.00529. The molecular weight excluding hydrogens is 441 g/mol. The second-order valence-corrected chi connectivity index (χ2v) is 8.97. The predicted octanol–water partition coefficient (Wildman–Crippen LogP) is 1.52. The zero-order chi connectivity index (χ0) is 22.8. The molecule has 1 aromatic rings. The van der Waals surface area contributed by atoms with Gasteiger partial charge in [0, 0.05) is 20.2 Å². The minimum absolute atomic E-state index is 0.0634. The van der Waals surface area contributed by atoms with Crippen LogP contribution in [0, 0.1) is 11.7 Å². The van der Waals surface area contributed by atoms with E-state index in [-0.39, 0.29) is 30.2 Å². The SMILES string of the molecule is COC1CCCC12NC(=O)C1=C3CCN(Cc4ccc(F)c(Cl)c4)C(=O)C3C(=O)C(=O)N12. The molecule has 2 saturated heterocycles. The maximum absolute atomic E-state index is 13.5. The molecule has 3 aliphatic heterocycles. The Labute approximate surface area is 188 Å². The molecule has 0 radical (unpaired) electrons. The summed E-state index contributed by atoms with van der Waals surface area (Å²) in [6.45, 7) is 0.372. The number of amides is 3. The molecule has 3 fully saturated rings. The summed E-state index contributed by atoms with van der Waals surface area (Å²) in [5.74, 6) is -4.59. The van der Waals surface area contributed by atoms with Crippen LogP contribution in [0.2, 0.25) is 5.02 Å². The number of halogens is 2. The number of hydrogen-bond acceptors (Lipinski definition) is 5. The average Bonchev–Trinajstić information content (AvgIpc) is 3.30. The summed E-state index contributed by atoms with van der Waals surface area (Å²) >= 11 is 5.84. The van der Waals surface area contributed by atoms with E-state index in [0.717, 1.165) is 6.42 Å². The van der Waals surface area contributed by atoms with E-state index in [4.69, 9.17) is 16.3 Å². The highest BCUT2D eigenvalue weighted by Gasteiger charge is 2.63. The van der Waals surface area contributed by atoms with E-state index < -0.39 is 47.0 Å². The van der Waals surface area contributed by atoms with Crippen LogP contribution in [-0.2, 0) is 30.5 Å². The number of fused-ring (bicyclic) bond motifs is 3. The lowest BCUT2D eigenvalue weighted by Crippen LogP contribution is -2.63. The fraction of sp³-hybridized carbons (Fsp3) is 0.455. The molecule has 1 aromatic carbocycles. The molecule has 1 N–H and O–H groups in total. The first kappa shape index (κ1) is 21.1. The molecule has 1 saturated carbocycles. The molecule has 0 aromatic heterocycles. The van der Waals surface area contributed by atoms with E-state index in [1.54, 1.807) is 0 Å². The van der Waals surface area contributed by atoms with Crippen LogP contribution in [0.4, 0.5) is 4.39 Å². The van der Waals surface area contributed by atoms with Crippen molar-refractivity contribution in [3.63, 3.8) is 0 Å². The average molecular weight is 462 g/mol. The van der Waals surface area contributed by atoms with Crippen LogP contribution in [0.5, 0.6) is 0 Å². The first-order valence-corrected chi connectivity index (χ1v) is 10.9. The Morgan fingerprint density at radius 2 is 2.06 bits per heavy atom. The predicted molar refractivity (Wildman–Crippen MR) is 109 cm³/mol. The quantitative estimate of drug-likeness (QED) is 0.544. The van der Waals surface area contributed by atoms with Crippen LogP contribution in [-0.4, -0.2) is 58.7 Å². The number of ether oxygens (including phenoxy) is 1. The van der Waals surface area contributed by atoms with E-state index in [2.05, 4.69) is 5.32 Å². The van der Waals surface area contributed by atoms with Gasteiger partial charge in [-0.05, 0) is 49.0 Å². The maximum atomic E-state index is 13.5. The molecule has 32 heavy (non-hydrogen) atoms. The Kier molecular flexibility index (Phi) is 4.86. The van der Waals surface area contributed by atoms with Gasteiger partial charge in [-0.25, -0.2) is 4.39 Å². The van der Waals surface area contributed by atoms with Crippen molar-refractivity contribution in [2.75, 3.05) is 13.7 Å². The minimum atomic E-state index is -1.32. The lowest BCUT2D eigenvalue weighted by Gasteiger charge is -2.43. The second kappa shape index (κ2) is 7.38. The van der Waals surface area contributed by atoms with Gasteiger partial charge in [0.05, 0.1) is 11.1 Å². The van der Waals surface area contributed by atoms with Gasteiger partial charge >= 0.3 is 0 Å². The summed E-state index contributed by atoms with van der Waals surface area (Å²) in [7, 11) is 1.51. The lowest BCUT2D eigenvalue weighted by molar-refractivity contribution is -0.157. The number of nitrogens with one attached hydrogen (secondary N) is 1. The highest BCUT2D eigenvalue weighted by Crippen LogP contribution is 2.46. The van der Waals surface area contributed by atoms with Crippen LogP contribution in [0.15, 0.2) is 29.5 Å². The number of hydrogen-bond donors (Lipinski definition) is 1. The van der Waals surface area contributed by atoms with Gasteiger partial charge in [0.1, 0.15) is 23.1 Å². The highest BCUT2D eigenvalue weighted by molar-refractivity contribution is 6.44. The molecule has 168 valence electrons. The first-order valence-electron chi connectivity index (χ1n) is 10.5. The van der Waals surface area contributed by atoms with Gasteiger partial charge in [-0.15, -0.1) is 0 Å². The van der Waals surface area contributed by atoms with E-state index in [0.29, 0.717) is 24.0 Å². The topological polar surface area (TPSA) is 96.0 Å². The minimum Gasteiger partial charge on any atom is -0.377 e. The molecule has 1 aliphatic carbocycles. The zero-order valence-corrected chi connectivity index (χ0v) is 18.1. The number of carbonyl (C=O) groups is 4. The van der Waals surface area contributed by atoms with Crippen molar-refractivity contribution in [2.45, 2.75) is 44.0 Å². The van der Waals surface area contributed by atoms with Gasteiger partial charge in [0.15, 0.2) is 0 Å². The molecule has 10 heteroatoms. The molecular formula is C22H21ClFN3O5. The molecule has 0 bridgehead atoms. The lowest BCUT2D eigenvalue weighted by atomic mass is 9.81. The van der Waals surface area contributed by atoms with Crippen LogP contribution in [0.1, 0.15) is 31.2 Å². The number of nitrogens with zero attached hydrogens (tertiary/aromatic N) is 2. The Balaban J connectivity index is 1.50. The van der Waals surface area contributed by atoms with Crippen LogP contribution in [0.3, 0.4) is 0 Å². The third-order valence-electron chi connectivity index (χ3n) is 6.90. The number of benzene rings is 1. The normalized spacial score (nSPS) is 29.7. The van der Waals surface area contributed by atoms with Gasteiger partial charge in [0.2, 0.25) is 11.7 Å². The highest BCUT2D eigenvalue weighted by atomic mass is 35.5. The maximum Gasteiger partial charge on any atom is 0.297 e. The van der Waals surface area contributed by atoms with Crippen LogP contribution >= 0.6 is 11.6 Å². The Morgan fingerprint density at radius 3 is 2.78 bits per heavy atom. The van der Waals surface area contributed by atoms with Crippen molar-refractivity contribution >= 4 is 35.1 Å². The number of ketones is 1. The Bertz CT molecular complexity index is 1110. The van der Waals surface area contributed by atoms with E-state index in [1.165, 1.54) is 35.1 Å². The molecule has 4 aliphatic rings. The summed E-state index contributed by atoms with van der Waals surface area (Å²) < 4.78 is 19.0. The van der Waals surface area contributed by atoms with Crippen molar-refractivity contribution in [3.05, 3.63) is 45.9 Å². The number of piperidine rings is 1. The Hall–Kier alpha value is -2.78. The molecule has 3 atom stereocenters. The number of likely N-dealkylation sites (tertiary alicyclic amines) is 1. The van der Waals surface area contributed by atoms with Gasteiger partial charge in [-0.1, -0.05) is 17.7 Å². The fourth-order valence-electron chi connectivity index (χ4n) is 5.47. The standard InChI is InChI=1S/C22H21ClFN3O5/c1-32-15-3-2-7-22(15)25-19(29)17-12-6-8-26(10-11-4-5-14(24)13(23)9-11)20(30)16(12)18(28)21(31)27(17)22/h4-5,9,15-16H,2-3,6-8,10H2,1H3,(H,25,29). The number of carbonyl (C=O) groups excluding carboxylic acids is 4. The Morgan fingerprint density at radius 1 is 1.28 bits per heavy atom. The molecule has 3 heterocycles.